The molecule has 0 aliphatic carbocycles. The molecule has 9 heteroatoms. The maximum Gasteiger partial charge on any atom is 0.305 e. The van der Waals surface area contributed by atoms with E-state index in [0.29, 0.717) is 6.61 Å². The van der Waals surface area contributed by atoms with Crippen LogP contribution in [0.1, 0.15) is 19.3 Å². The van der Waals surface area contributed by atoms with E-state index in [1.165, 1.54) is 18.2 Å². The van der Waals surface area contributed by atoms with E-state index in [1.54, 1.807) is 6.07 Å². The summed E-state index contributed by atoms with van der Waals surface area (Å²) >= 11 is 0. The van der Waals surface area contributed by atoms with E-state index in [-0.39, 0.29) is 29.6 Å². The van der Waals surface area contributed by atoms with Crippen LogP contribution in [0.2, 0.25) is 0 Å². The molecule has 2 rings (SSSR count). The van der Waals surface area contributed by atoms with E-state index in [2.05, 4.69) is 4.72 Å². The van der Waals surface area contributed by atoms with Crippen LogP contribution in [-0.2, 0) is 24.3 Å². The summed E-state index contributed by atoms with van der Waals surface area (Å²) in [4.78, 5) is 21.4. The first kappa shape index (κ1) is 18.4. The third-order valence-corrected chi connectivity index (χ3v) is 4.98. The number of aliphatic carboxylic acids is 1. The molecule has 0 radical (unpaired) electrons. The third-order valence-electron chi connectivity index (χ3n) is 3.45. The molecule has 1 fully saturated rings. The summed E-state index contributed by atoms with van der Waals surface area (Å²) < 4.78 is 37.9. The Bertz CT molecular complexity index is 683. The molecule has 1 aliphatic rings. The minimum atomic E-state index is -4.10. The Balaban J connectivity index is 2.13. The van der Waals surface area contributed by atoms with Crippen molar-refractivity contribution < 1.29 is 32.6 Å². The van der Waals surface area contributed by atoms with Crippen molar-refractivity contribution in [3.8, 4) is 5.75 Å². The first-order valence-corrected chi connectivity index (χ1v) is 8.93. The highest BCUT2D eigenvalue weighted by Gasteiger charge is 2.25. The van der Waals surface area contributed by atoms with Crippen LogP contribution >= 0.6 is 0 Å². The standard InChI is InChI=1S/C15H19NO7S/c17-9-11(8-15(18)19)16-24(20,21)14-6-2-1-5-13(14)23-10-12-4-3-7-22-12/h1-2,5-6,9,11-12,16H,3-4,7-8,10H2,(H,18,19). The number of benzene rings is 1. The maximum absolute atomic E-state index is 12.4. The highest BCUT2D eigenvalue weighted by atomic mass is 32.2. The summed E-state index contributed by atoms with van der Waals surface area (Å²) in [6.07, 6.45) is 1.32. The molecule has 0 aromatic heterocycles. The quantitative estimate of drug-likeness (QED) is 0.620. The van der Waals surface area contributed by atoms with Gasteiger partial charge in [0.25, 0.3) is 0 Å². The number of hydrogen-bond acceptors (Lipinski definition) is 6. The van der Waals surface area contributed by atoms with Crippen molar-refractivity contribution in [3.63, 3.8) is 0 Å². The number of carbonyl (C=O) groups excluding carboxylic acids is 1. The molecule has 8 nitrogen and oxygen atoms in total. The van der Waals surface area contributed by atoms with E-state index in [4.69, 9.17) is 14.6 Å². The number of aldehydes is 1. The fraction of sp³-hybridized carbons (Fsp3) is 0.467. The number of hydrogen-bond donors (Lipinski definition) is 2. The Morgan fingerprint density at radius 3 is 2.83 bits per heavy atom. The van der Waals surface area contributed by atoms with E-state index >= 15 is 0 Å². The van der Waals surface area contributed by atoms with Gasteiger partial charge in [0.2, 0.25) is 10.0 Å². The normalized spacial score (nSPS) is 18.9. The number of ether oxygens (including phenoxy) is 2. The lowest BCUT2D eigenvalue weighted by molar-refractivity contribution is -0.138. The fourth-order valence-electron chi connectivity index (χ4n) is 2.32. The number of carboxylic acids is 1. The van der Waals surface area contributed by atoms with Crippen LogP contribution in [0, 0.1) is 0 Å². The molecule has 1 aromatic carbocycles. The van der Waals surface area contributed by atoms with Crippen molar-refractivity contribution in [2.75, 3.05) is 13.2 Å². The number of nitrogens with one attached hydrogen (secondary N) is 1. The molecule has 0 spiro atoms. The summed E-state index contributed by atoms with van der Waals surface area (Å²) in [6, 6.07) is 4.62. The summed E-state index contributed by atoms with van der Waals surface area (Å²) in [7, 11) is -4.10. The summed E-state index contributed by atoms with van der Waals surface area (Å²) in [5.74, 6) is -1.15. The lowest BCUT2D eigenvalue weighted by atomic mass is 10.2. The van der Waals surface area contributed by atoms with Crippen LogP contribution in [0.15, 0.2) is 29.2 Å². The maximum atomic E-state index is 12.4. The van der Waals surface area contributed by atoms with E-state index in [9.17, 15) is 18.0 Å². The monoisotopic (exact) mass is 357 g/mol. The first-order valence-electron chi connectivity index (χ1n) is 7.45. The van der Waals surface area contributed by atoms with Gasteiger partial charge in [-0.3, -0.25) is 4.79 Å². The summed E-state index contributed by atoms with van der Waals surface area (Å²) in [5.41, 5.74) is 0. The second-order valence-corrected chi connectivity index (χ2v) is 7.04. The molecule has 24 heavy (non-hydrogen) atoms. The largest absolute Gasteiger partial charge is 0.489 e. The van der Waals surface area contributed by atoms with Gasteiger partial charge in [0.15, 0.2) is 0 Å². The molecule has 2 atom stereocenters. The second-order valence-electron chi connectivity index (χ2n) is 5.35. The van der Waals surface area contributed by atoms with Crippen LogP contribution < -0.4 is 9.46 Å². The third kappa shape index (κ3) is 5.02. The predicted molar refractivity (Wildman–Crippen MR) is 83.3 cm³/mol. The second kappa shape index (κ2) is 8.22. The van der Waals surface area contributed by atoms with E-state index in [1.807, 2.05) is 0 Å². The average molecular weight is 357 g/mol. The molecular formula is C15H19NO7S. The Hall–Kier alpha value is -1.97. The lowest BCUT2D eigenvalue weighted by Gasteiger charge is -2.16. The van der Waals surface area contributed by atoms with Gasteiger partial charge in [0.05, 0.1) is 18.6 Å². The topological polar surface area (TPSA) is 119 Å². The Kier molecular flexibility index (Phi) is 6.29. The molecule has 1 aromatic rings. The Morgan fingerprint density at radius 2 is 2.21 bits per heavy atom. The molecule has 0 saturated carbocycles. The molecule has 1 heterocycles. The molecule has 2 N–H and O–H groups in total. The van der Waals surface area contributed by atoms with Crippen molar-refractivity contribution in [2.45, 2.75) is 36.3 Å². The van der Waals surface area contributed by atoms with E-state index in [0.717, 1.165) is 12.8 Å². The van der Waals surface area contributed by atoms with Gasteiger partial charge >= 0.3 is 5.97 Å². The van der Waals surface area contributed by atoms with Crippen molar-refractivity contribution in [3.05, 3.63) is 24.3 Å². The number of rotatable bonds is 9. The fourth-order valence-corrected chi connectivity index (χ4v) is 3.63. The van der Waals surface area contributed by atoms with Crippen LogP contribution in [0.5, 0.6) is 5.75 Å². The average Bonchev–Trinajstić information content (AvgIpc) is 3.05. The van der Waals surface area contributed by atoms with Gasteiger partial charge in [-0.1, -0.05) is 12.1 Å². The summed E-state index contributed by atoms with van der Waals surface area (Å²) in [5, 5.41) is 8.71. The Morgan fingerprint density at radius 1 is 1.46 bits per heavy atom. The van der Waals surface area contributed by atoms with Crippen molar-refractivity contribution in [1.82, 2.24) is 4.72 Å². The predicted octanol–water partition coefficient (Wildman–Crippen LogP) is 0.565. The minimum absolute atomic E-state index is 0.0801. The zero-order valence-corrected chi connectivity index (χ0v) is 13.7. The SMILES string of the molecule is O=CC(CC(=O)O)NS(=O)(=O)c1ccccc1OCC1CCCO1. The zero-order valence-electron chi connectivity index (χ0n) is 12.9. The highest BCUT2D eigenvalue weighted by molar-refractivity contribution is 7.89. The van der Waals surface area contributed by atoms with Crippen molar-refractivity contribution >= 4 is 22.3 Å². The van der Waals surface area contributed by atoms with Crippen molar-refractivity contribution in [1.29, 1.82) is 0 Å². The molecule has 0 amide bonds. The zero-order chi connectivity index (χ0) is 17.6. The van der Waals surface area contributed by atoms with Gasteiger partial charge in [-0.25, -0.2) is 13.1 Å². The van der Waals surface area contributed by atoms with Gasteiger partial charge in [-0.2, -0.15) is 0 Å². The van der Waals surface area contributed by atoms with Gasteiger partial charge in [-0.15, -0.1) is 0 Å². The van der Waals surface area contributed by atoms with Crippen LogP contribution in [-0.4, -0.2) is 51.1 Å². The molecule has 132 valence electrons. The van der Waals surface area contributed by atoms with Crippen LogP contribution in [0.25, 0.3) is 0 Å². The van der Waals surface area contributed by atoms with Gasteiger partial charge < -0.3 is 19.4 Å². The number of sulfonamides is 1. The number of carboxylic acid groups (broad SMARTS) is 1. The van der Waals surface area contributed by atoms with Crippen LogP contribution in [0.3, 0.4) is 0 Å². The molecule has 1 aliphatic heterocycles. The smallest absolute Gasteiger partial charge is 0.305 e. The molecule has 2 unspecified atom stereocenters. The number of carbonyl (C=O) groups is 2. The van der Waals surface area contributed by atoms with Gasteiger partial charge in [-0.05, 0) is 25.0 Å². The molecular weight excluding hydrogens is 338 g/mol. The minimum Gasteiger partial charge on any atom is -0.489 e. The van der Waals surface area contributed by atoms with Crippen molar-refractivity contribution in [2.24, 2.45) is 0 Å². The molecule has 0 bridgehead atoms. The Labute approximate surface area is 139 Å². The highest BCUT2D eigenvalue weighted by Crippen LogP contribution is 2.24. The first-order chi connectivity index (χ1) is 11.4. The van der Waals surface area contributed by atoms with Gasteiger partial charge in [0, 0.05) is 6.61 Å². The lowest BCUT2D eigenvalue weighted by Crippen LogP contribution is -2.37. The number of para-hydroxylation sites is 1. The molecule has 1 saturated heterocycles. The van der Waals surface area contributed by atoms with Crippen LogP contribution in [0.4, 0.5) is 0 Å². The van der Waals surface area contributed by atoms with E-state index < -0.39 is 28.5 Å². The van der Waals surface area contributed by atoms with Gasteiger partial charge in [0.1, 0.15) is 23.5 Å². The summed E-state index contributed by atoms with van der Waals surface area (Å²) in [6.45, 7) is 0.879.